The van der Waals surface area contributed by atoms with Crippen LogP contribution in [0.15, 0.2) is 75.6 Å². The number of halogens is 2. The maximum absolute atomic E-state index is 12.1. The number of hydrogen-bond acceptors (Lipinski definition) is 4. The van der Waals surface area contributed by atoms with Crippen molar-refractivity contribution in [1.82, 2.24) is 4.98 Å². The minimum Gasteiger partial charge on any atom is -0.481 e. The van der Waals surface area contributed by atoms with Crippen LogP contribution >= 0.6 is 27.5 Å². The topological polar surface area (TPSA) is 92.4 Å². The highest BCUT2D eigenvalue weighted by atomic mass is 79.9. The molecule has 3 aromatic carbocycles. The van der Waals surface area contributed by atoms with Crippen LogP contribution in [-0.4, -0.2) is 22.0 Å². The molecule has 4 rings (SSSR count). The monoisotopic (exact) mass is 510 g/mol. The largest absolute Gasteiger partial charge is 0.481 e. The number of hydrogen-bond donors (Lipinski definition) is 2. The molecule has 0 spiro atoms. The number of rotatable bonds is 6. The molecule has 160 valence electrons. The van der Waals surface area contributed by atoms with E-state index in [0.29, 0.717) is 38.8 Å². The fourth-order valence-corrected chi connectivity index (χ4v) is 3.60. The van der Waals surface area contributed by atoms with Crippen LogP contribution in [0.1, 0.15) is 11.1 Å². The average Bonchev–Trinajstić information content (AvgIpc) is 3.16. The number of aromatic nitrogens is 1. The van der Waals surface area contributed by atoms with Crippen molar-refractivity contribution in [2.75, 3.05) is 5.32 Å². The molecule has 1 aromatic heterocycles. The van der Waals surface area contributed by atoms with Crippen LogP contribution in [-0.2, 0) is 16.0 Å². The van der Waals surface area contributed by atoms with Gasteiger partial charge in [-0.05, 0) is 65.7 Å². The lowest BCUT2D eigenvalue weighted by Crippen LogP contribution is -2.07. The molecule has 2 N–H and O–H groups in total. The molecule has 32 heavy (non-hydrogen) atoms. The van der Waals surface area contributed by atoms with E-state index in [1.54, 1.807) is 54.6 Å². The zero-order chi connectivity index (χ0) is 22.7. The van der Waals surface area contributed by atoms with Gasteiger partial charge in [-0.3, -0.25) is 9.59 Å². The minimum atomic E-state index is -0.912. The number of nitrogens with zero attached hydrogens (tertiary/aromatic N) is 1. The van der Waals surface area contributed by atoms with Crippen molar-refractivity contribution in [3.8, 4) is 11.5 Å². The number of aliphatic carboxylic acids is 1. The molecule has 8 heteroatoms. The molecule has 0 aliphatic carbocycles. The van der Waals surface area contributed by atoms with Crippen LogP contribution in [0.3, 0.4) is 0 Å². The molecule has 0 aliphatic heterocycles. The number of fused-ring (bicyclic) bond motifs is 1. The summed E-state index contributed by atoms with van der Waals surface area (Å²) in [5, 5.41) is 12.1. The van der Waals surface area contributed by atoms with Gasteiger partial charge in [-0.2, -0.15) is 0 Å². The maximum atomic E-state index is 12.1. The van der Waals surface area contributed by atoms with Gasteiger partial charge in [0.25, 0.3) is 0 Å². The van der Waals surface area contributed by atoms with Gasteiger partial charge in [-0.25, -0.2) is 4.98 Å². The molecule has 0 fully saturated rings. The van der Waals surface area contributed by atoms with Crippen molar-refractivity contribution in [1.29, 1.82) is 0 Å². The molecule has 0 saturated heterocycles. The Morgan fingerprint density at radius 3 is 2.59 bits per heavy atom. The number of carbonyl (C=O) groups is 2. The summed E-state index contributed by atoms with van der Waals surface area (Å²) in [5.74, 6) is -0.838. The normalized spacial score (nSPS) is 11.2. The molecule has 0 atom stereocenters. The first-order valence-electron chi connectivity index (χ1n) is 9.53. The van der Waals surface area contributed by atoms with Gasteiger partial charge in [0.2, 0.25) is 11.8 Å². The maximum Gasteiger partial charge on any atom is 0.307 e. The highest BCUT2D eigenvalue weighted by Crippen LogP contribution is 2.31. The zero-order valence-corrected chi connectivity index (χ0v) is 18.9. The van der Waals surface area contributed by atoms with E-state index < -0.39 is 5.97 Å². The Balaban J connectivity index is 1.50. The highest BCUT2D eigenvalue weighted by Gasteiger charge is 2.13. The van der Waals surface area contributed by atoms with Crippen LogP contribution in [0.25, 0.3) is 28.6 Å². The van der Waals surface area contributed by atoms with Crippen LogP contribution in [0, 0.1) is 0 Å². The summed E-state index contributed by atoms with van der Waals surface area (Å²) < 4.78 is 6.71. The number of amides is 1. The van der Waals surface area contributed by atoms with E-state index in [1.807, 2.05) is 12.1 Å². The first-order chi connectivity index (χ1) is 15.4. The van der Waals surface area contributed by atoms with Gasteiger partial charge in [0.15, 0.2) is 5.58 Å². The molecule has 6 nitrogen and oxygen atoms in total. The van der Waals surface area contributed by atoms with E-state index >= 15 is 0 Å². The van der Waals surface area contributed by atoms with Gasteiger partial charge in [0, 0.05) is 16.2 Å². The Kier molecular flexibility index (Phi) is 6.39. The molecule has 0 radical (unpaired) electrons. The van der Waals surface area contributed by atoms with E-state index in [9.17, 15) is 9.59 Å². The average molecular weight is 512 g/mol. The van der Waals surface area contributed by atoms with Crippen LogP contribution in [0.5, 0.6) is 0 Å². The second kappa shape index (κ2) is 9.38. The van der Waals surface area contributed by atoms with Crippen molar-refractivity contribution in [2.45, 2.75) is 6.42 Å². The van der Waals surface area contributed by atoms with Gasteiger partial charge < -0.3 is 14.8 Å². The Labute approximate surface area is 196 Å². The van der Waals surface area contributed by atoms with Crippen LogP contribution in [0.4, 0.5) is 5.69 Å². The van der Waals surface area contributed by atoms with Gasteiger partial charge in [0.05, 0.1) is 17.0 Å². The van der Waals surface area contributed by atoms with E-state index in [0.717, 1.165) is 10.0 Å². The predicted octanol–water partition coefficient (Wildman–Crippen LogP) is 6.19. The van der Waals surface area contributed by atoms with Crippen molar-refractivity contribution in [3.63, 3.8) is 0 Å². The quantitative estimate of drug-likeness (QED) is 0.301. The summed E-state index contributed by atoms with van der Waals surface area (Å²) in [6.45, 7) is 0. The molecule has 0 saturated carbocycles. The molecule has 1 amide bonds. The van der Waals surface area contributed by atoms with Crippen molar-refractivity contribution in [3.05, 3.63) is 87.4 Å². The Bertz CT molecular complexity index is 1350. The standard InChI is InChI=1S/C24H16BrClN2O4/c25-16-4-6-17(7-5-16)27-22(29)10-3-14-1-8-18(19(26)11-14)24-28-20-12-15(13-23(30)31)2-9-21(20)32-24/h1-12H,13H2,(H,27,29)(H,30,31)/b10-3+. The Morgan fingerprint density at radius 2 is 1.88 bits per heavy atom. The lowest BCUT2D eigenvalue weighted by atomic mass is 10.1. The SMILES string of the molecule is O=C(O)Cc1ccc2oc(-c3ccc(/C=C/C(=O)Nc4ccc(Br)cc4)cc3Cl)nc2c1. The lowest BCUT2D eigenvalue weighted by molar-refractivity contribution is -0.136. The smallest absolute Gasteiger partial charge is 0.307 e. The van der Waals surface area contributed by atoms with E-state index in [-0.39, 0.29) is 12.3 Å². The fourth-order valence-electron chi connectivity index (χ4n) is 3.07. The first-order valence-corrected chi connectivity index (χ1v) is 10.7. The lowest BCUT2D eigenvalue weighted by Gasteiger charge is -2.03. The van der Waals surface area contributed by atoms with E-state index in [2.05, 4.69) is 26.2 Å². The molecule has 4 aromatic rings. The molecule has 0 aliphatic rings. The number of nitrogens with one attached hydrogen (secondary N) is 1. The third kappa shape index (κ3) is 5.25. The highest BCUT2D eigenvalue weighted by molar-refractivity contribution is 9.10. The molecule has 0 unspecified atom stereocenters. The van der Waals surface area contributed by atoms with Crippen molar-refractivity contribution >= 4 is 62.3 Å². The number of anilines is 1. The molecular weight excluding hydrogens is 496 g/mol. The number of carboxylic acid groups (broad SMARTS) is 1. The summed E-state index contributed by atoms with van der Waals surface area (Å²) in [5.41, 5.74) is 3.77. The van der Waals surface area contributed by atoms with E-state index in [1.165, 1.54) is 6.08 Å². The summed E-state index contributed by atoms with van der Waals surface area (Å²) in [4.78, 5) is 27.5. The number of carboxylic acids is 1. The number of carbonyl (C=O) groups excluding carboxylic acids is 1. The predicted molar refractivity (Wildman–Crippen MR) is 128 cm³/mol. The summed E-state index contributed by atoms with van der Waals surface area (Å²) >= 11 is 9.79. The third-order valence-electron chi connectivity index (χ3n) is 4.57. The molecule has 1 heterocycles. The second-order valence-corrected chi connectivity index (χ2v) is 8.28. The Hall–Kier alpha value is -3.42. The van der Waals surface area contributed by atoms with Crippen LogP contribution < -0.4 is 5.32 Å². The summed E-state index contributed by atoms with van der Waals surface area (Å²) in [6, 6.07) is 17.6. The van der Waals surface area contributed by atoms with Crippen molar-refractivity contribution < 1.29 is 19.1 Å². The fraction of sp³-hybridized carbons (Fsp3) is 0.0417. The van der Waals surface area contributed by atoms with Crippen LogP contribution in [0.2, 0.25) is 5.02 Å². The minimum absolute atomic E-state index is 0.0880. The summed E-state index contributed by atoms with van der Waals surface area (Å²) in [6.07, 6.45) is 3.00. The molecular formula is C24H16BrClN2O4. The number of oxazole rings is 1. The van der Waals surface area contributed by atoms with E-state index in [4.69, 9.17) is 21.1 Å². The second-order valence-electron chi connectivity index (χ2n) is 6.96. The van der Waals surface area contributed by atoms with Gasteiger partial charge in [0.1, 0.15) is 5.52 Å². The molecule has 0 bridgehead atoms. The van der Waals surface area contributed by atoms with Crippen molar-refractivity contribution in [2.24, 2.45) is 0 Å². The number of benzene rings is 3. The zero-order valence-electron chi connectivity index (χ0n) is 16.5. The summed E-state index contributed by atoms with van der Waals surface area (Å²) in [7, 11) is 0. The van der Waals surface area contributed by atoms with Gasteiger partial charge in [-0.1, -0.05) is 39.7 Å². The van der Waals surface area contributed by atoms with Gasteiger partial charge in [-0.15, -0.1) is 0 Å². The Morgan fingerprint density at radius 1 is 1.09 bits per heavy atom. The first kappa shape index (κ1) is 21.8. The van der Waals surface area contributed by atoms with Gasteiger partial charge >= 0.3 is 5.97 Å². The third-order valence-corrected chi connectivity index (χ3v) is 5.41.